The van der Waals surface area contributed by atoms with Gasteiger partial charge in [0.15, 0.2) is 5.13 Å². The van der Waals surface area contributed by atoms with Crippen LogP contribution in [0.1, 0.15) is 30.3 Å². The summed E-state index contributed by atoms with van der Waals surface area (Å²) in [7, 11) is 1.70. The van der Waals surface area contributed by atoms with Crippen LogP contribution < -0.4 is 10.6 Å². The molecule has 0 spiro atoms. The lowest BCUT2D eigenvalue weighted by Gasteiger charge is -2.19. The second-order valence-electron chi connectivity index (χ2n) is 4.49. The van der Waals surface area contributed by atoms with E-state index >= 15 is 0 Å². The molecule has 0 aromatic carbocycles. The molecule has 5 heteroatoms. The van der Waals surface area contributed by atoms with Crippen molar-refractivity contribution in [3.8, 4) is 0 Å². The molecule has 96 valence electrons. The van der Waals surface area contributed by atoms with Crippen LogP contribution in [-0.2, 0) is 17.9 Å². The van der Waals surface area contributed by atoms with Gasteiger partial charge >= 0.3 is 0 Å². The highest BCUT2D eigenvalue weighted by molar-refractivity contribution is 7.15. The number of rotatable bonds is 7. The van der Waals surface area contributed by atoms with Crippen LogP contribution in [0.25, 0.3) is 0 Å². The number of thiazole rings is 1. The van der Waals surface area contributed by atoms with E-state index < -0.39 is 0 Å². The zero-order chi connectivity index (χ0) is 12.3. The first kappa shape index (κ1) is 12.8. The number of nitrogens with two attached hydrogens (primary N) is 1. The highest BCUT2D eigenvalue weighted by atomic mass is 32.1. The maximum atomic E-state index is 5.75. The molecule has 0 saturated heterocycles. The highest BCUT2D eigenvalue weighted by Crippen LogP contribution is 2.33. The van der Waals surface area contributed by atoms with E-state index in [2.05, 4.69) is 16.8 Å². The Morgan fingerprint density at radius 1 is 1.53 bits per heavy atom. The predicted octanol–water partition coefficient (Wildman–Crippen LogP) is 1.98. The SMILES string of the molecule is CCN(CC1CC1)c1nc(COC)c(CN)s1. The second-order valence-corrected chi connectivity index (χ2v) is 5.55. The zero-order valence-corrected chi connectivity index (χ0v) is 11.4. The van der Waals surface area contributed by atoms with Gasteiger partial charge in [0.1, 0.15) is 0 Å². The van der Waals surface area contributed by atoms with Gasteiger partial charge in [-0.15, -0.1) is 11.3 Å². The van der Waals surface area contributed by atoms with Gasteiger partial charge < -0.3 is 15.4 Å². The zero-order valence-electron chi connectivity index (χ0n) is 10.6. The van der Waals surface area contributed by atoms with Crippen molar-refractivity contribution in [3.05, 3.63) is 10.6 Å². The van der Waals surface area contributed by atoms with Gasteiger partial charge in [0.25, 0.3) is 0 Å². The molecule has 0 unspecified atom stereocenters. The van der Waals surface area contributed by atoms with Gasteiger partial charge in [-0.25, -0.2) is 4.98 Å². The topological polar surface area (TPSA) is 51.4 Å². The molecule has 2 rings (SSSR count). The van der Waals surface area contributed by atoms with Crippen molar-refractivity contribution < 1.29 is 4.74 Å². The Bertz CT molecular complexity index is 363. The van der Waals surface area contributed by atoms with Crippen molar-refractivity contribution in [3.63, 3.8) is 0 Å². The number of aromatic nitrogens is 1. The maximum Gasteiger partial charge on any atom is 0.185 e. The van der Waals surface area contributed by atoms with Crippen LogP contribution in [0.4, 0.5) is 5.13 Å². The first-order chi connectivity index (χ1) is 8.28. The lowest BCUT2D eigenvalue weighted by atomic mass is 10.4. The fourth-order valence-corrected chi connectivity index (χ4v) is 2.88. The van der Waals surface area contributed by atoms with Gasteiger partial charge in [-0.1, -0.05) is 0 Å². The van der Waals surface area contributed by atoms with E-state index in [1.54, 1.807) is 18.4 Å². The third kappa shape index (κ3) is 3.18. The van der Waals surface area contributed by atoms with Gasteiger partial charge in [0.2, 0.25) is 0 Å². The van der Waals surface area contributed by atoms with E-state index in [1.807, 2.05) is 0 Å². The van der Waals surface area contributed by atoms with Crippen LogP contribution in [0.3, 0.4) is 0 Å². The molecule has 1 saturated carbocycles. The monoisotopic (exact) mass is 255 g/mol. The van der Waals surface area contributed by atoms with Crippen molar-refractivity contribution in [1.82, 2.24) is 4.98 Å². The summed E-state index contributed by atoms with van der Waals surface area (Å²) in [5.41, 5.74) is 6.75. The van der Waals surface area contributed by atoms with E-state index in [9.17, 15) is 0 Å². The Hall–Kier alpha value is -0.650. The van der Waals surface area contributed by atoms with E-state index in [1.165, 1.54) is 12.8 Å². The van der Waals surface area contributed by atoms with Crippen molar-refractivity contribution >= 4 is 16.5 Å². The lowest BCUT2D eigenvalue weighted by Crippen LogP contribution is -2.25. The van der Waals surface area contributed by atoms with Crippen molar-refractivity contribution in [1.29, 1.82) is 0 Å². The number of anilines is 1. The Labute approximate surface area is 107 Å². The minimum atomic E-state index is 0.553. The Kier molecular flexibility index (Phi) is 4.36. The fraction of sp³-hybridized carbons (Fsp3) is 0.750. The third-order valence-electron chi connectivity index (χ3n) is 3.06. The summed E-state index contributed by atoms with van der Waals surface area (Å²) in [4.78, 5) is 8.17. The average molecular weight is 255 g/mol. The average Bonchev–Trinajstić information content (AvgIpc) is 3.07. The van der Waals surface area contributed by atoms with Crippen LogP contribution >= 0.6 is 11.3 Å². The Morgan fingerprint density at radius 2 is 2.29 bits per heavy atom. The molecule has 1 aliphatic rings. The molecule has 1 heterocycles. The van der Waals surface area contributed by atoms with Gasteiger partial charge in [0.05, 0.1) is 12.3 Å². The first-order valence-corrected chi connectivity index (χ1v) is 7.02. The first-order valence-electron chi connectivity index (χ1n) is 6.21. The van der Waals surface area contributed by atoms with Crippen LogP contribution in [0.2, 0.25) is 0 Å². The number of methoxy groups -OCH3 is 1. The molecule has 0 amide bonds. The molecule has 1 aliphatic carbocycles. The Balaban J connectivity index is 2.11. The number of hydrogen-bond acceptors (Lipinski definition) is 5. The van der Waals surface area contributed by atoms with E-state index in [-0.39, 0.29) is 0 Å². The molecule has 1 fully saturated rings. The second kappa shape index (κ2) is 5.80. The molecule has 0 radical (unpaired) electrons. The lowest BCUT2D eigenvalue weighted by molar-refractivity contribution is 0.181. The predicted molar refractivity (Wildman–Crippen MR) is 71.3 cm³/mol. The van der Waals surface area contributed by atoms with Gasteiger partial charge in [-0.3, -0.25) is 0 Å². The summed E-state index contributed by atoms with van der Waals surface area (Å²) in [6.07, 6.45) is 2.74. The van der Waals surface area contributed by atoms with E-state index in [0.29, 0.717) is 13.2 Å². The summed E-state index contributed by atoms with van der Waals surface area (Å²) in [5.74, 6) is 0.881. The molecule has 0 atom stereocenters. The molecule has 0 bridgehead atoms. The third-order valence-corrected chi connectivity index (χ3v) is 4.24. The van der Waals surface area contributed by atoms with Crippen LogP contribution in [-0.4, -0.2) is 25.2 Å². The molecule has 2 N–H and O–H groups in total. The van der Waals surface area contributed by atoms with Gasteiger partial charge in [0, 0.05) is 31.6 Å². The summed E-state index contributed by atoms with van der Waals surface area (Å²) in [5, 5.41) is 1.10. The summed E-state index contributed by atoms with van der Waals surface area (Å²) < 4.78 is 5.16. The highest BCUT2D eigenvalue weighted by Gasteiger charge is 2.25. The standard InChI is InChI=1S/C12H21N3OS/c1-3-15(7-9-4-5-9)12-14-10(8-16-2)11(6-13)17-12/h9H,3-8,13H2,1-2H3. The summed E-state index contributed by atoms with van der Waals surface area (Å²) in [6, 6.07) is 0. The van der Waals surface area contributed by atoms with Gasteiger partial charge in [-0.05, 0) is 25.7 Å². The molecule has 0 aliphatic heterocycles. The summed E-state index contributed by atoms with van der Waals surface area (Å²) in [6.45, 7) is 5.45. The Morgan fingerprint density at radius 3 is 2.82 bits per heavy atom. The smallest absolute Gasteiger partial charge is 0.185 e. The normalized spacial score (nSPS) is 15.2. The number of nitrogens with zero attached hydrogens (tertiary/aromatic N) is 2. The molecule has 17 heavy (non-hydrogen) atoms. The number of hydrogen-bond donors (Lipinski definition) is 1. The quantitative estimate of drug-likeness (QED) is 0.809. The molecule has 1 aromatic heterocycles. The van der Waals surface area contributed by atoms with Crippen LogP contribution in [0.15, 0.2) is 0 Å². The van der Waals surface area contributed by atoms with Gasteiger partial charge in [-0.2, -0.15) is 0 Å². The molecular weight excluding hydrogens is 234 g/mol. The van der Waals surface area contributed by atoms with Crippen LogP contribution in [0.5, 0.6) is 0 Å². The number of ether oxygens (including phenoxy) is 1. The minimum Gasteiger partial charge on any atom is -0.378 e. The molecule has 4 nitrogen and oxygen atoms in total. The van der Waals surface area contributed by atoms with Crippen molar-refractivity contribution in [2.24, 2.45) is 11.7 Å². The fourth-order valence-electron chi connectivity index (χ4n) is 1.87. The maximum absolute atomic E-state index is 5.75. The molecule has 1 aromatic rings. The van der Waals surface area contributed by atoms with Crippen molar-refractivity contribution in [2.75, 3.05) is 25.1 Å². The summed E-state index contributed by atoms with van der Waals surface area (Å²) >= 11 is 1.71. The van der Waals surface area contributed by atoms with Crippen LogP contribution in [0, 0.1) is 5.92 Å². The van der Waals surface area contributed by atoms with Crippen molar-refractivity contribution in [2.45, 2.75) is 32.9 Å². The van der Waals surface area contributed by atoms with E-state index in [0.717, 1.165) is 34.7 Å². The largest absolute Gasteiger partial charge is 0.378 e. The minimum absolute atomic E-state index is 0.553. The molecular formula is C12H21N3OS. The van der Waals surface area contributed by atoms with E-state index in [4.69, 9.17) is 10.5 Å².